The molecule has 4 aromatic carbocycles. The number of hydrogen-bond acceptors (Lipinski definition) is 5. The predicted octanol–water partition coefficient (Wildman–Crippen LogP) is 8.12. The first-order valence-corrected chi connectivity index (χ1v) is 13.9. The summed E-state index contributed by atoms with van der Waals surface area (Å²) >= 11 is 3.38. The number of thioether (sulfide) groups is 2. The minimum atomic E-state index is 0.0654. The van der Waals surface area contributed by atoms with Crippen LogP contribution in [0, 0.1) is 0 Å². The van der Waals surface area contributed by atoms with Gasteiger partial charge in [0.2, 0.25) is 0 Å². The molecule has 4 nitrogen and oxygen atoms in total. The van der Waals surface area contributed by atoms with E-state index in [2.05, 4.69) is 119 Å². The number of hydrogen-bond donors (Lipinski definition) is 1. The van der Waals surface area contributed by atoms with Gasteiger partial charge in [-0.05, 0) is 22.3 Å². The van der Waals surface area contributed by atoms with Crippen LogP contribution in [0.2, 0.25) is 0 Å². The van der Waals surface area contributed by atoms with Crippen LogP contribution in [-0.4, -0.2) is 19.9 Å². The maximum absolute atomic E-state index is 5.10. The Morgan fingerprint density at radius 2 is 0.946 bits per heavy atom. The molecule has 180 valence electrons. The normalized spacial score (nSPS) is 11.4. The molecule has 1 N–H and O–H groups in total. The monoisotopic (exact) mass is 516 g/mol. The molecule has 0 unspecified atom stereocenters. The molecule has 2 heterocycles. The topological polar surface area (TPSA) is 54.5 Å². The van der Waals surface area contributed by atoms with Crippen molar-refractivity contribution in [3.63, 3.8) is 0 Å². The highest BCUT2D eigenvalue weighted by atomic mass is 32.2. The van der Waals surface area contributed by atoms with Gasteiger partial charge in [0.15, 0.2) is 10.8 Å². The second-order valence-corrected chi connectivity index (χ2v) is 10.7. The van der Waals surface area contributed by atoms with Gasteiger partial charge < -0.3 is 4.98 Å². The van der Waals surface area contributed by atoms with Gasteiger partial charge in [-0.1, -0.05) is 145 Å². The summed E-state index contributed by atoms with van der Waals surface area (Å²) in [5, 5.41) is 1.75. The van der Waals surface area contributed by atoms with Crippen molar-refractivity contribution in [3.05, 3.63) is 150 Å². The van der Waals surface area contributed by atoms with Gasteiger partial charge in [-0.2, -0.15) is 0 Å². The van der Waals surface area contributed by atoms with Crippen molar-refractivity contribution in [3.8, 4) is 0 Å². The molecule has 0 radical (unpaired) electrons. The predicted molar refractivity (Wildman–Crippen MR) is 153 cm³/mol. The van der Waals surface area contributed by atoms with Gasteiger partial charge in [0.05, 0.1) is 16.8 Å². The minimum absolute atomic E-state index is 0.0654. The summed E-state index contributed by atoms with van der Waals surface area (Å²) in [6.45, 7) is 0. The van der Waals surface area contributed by atoms with Gasteiger partial charge in [0.1, 0.15) is 10.5 Å². The quantitative estimate of drug-likeness (QED) is 0.126. The highest BCUT2D eigenvalue weighted by Crippen LogP contribution is 2.44. The summed E-state index contributed by atoms with van der Waals surface area (Å²) < 4.78 is 0. The van der Waals surface area contributed by atoms with Crippen LogP contribution in [0.4, 0.5) is 0 Å². The van der Waals surface area contributed by atoms with E-state index >= 15 is 0 Å². The molecular formula is C31H24N4S2. The third-order valence-corrected chi connectivity index (χ3v) is 8.57. The highest BCUT2D eigenvalue weighted by Gasteiger charge is 2.22. The third-order valence-electron chi connectivity index (χ3n) is 6.09. The van der Waals surface area contributed by atoms with Gasteiger partial charge in [-0.25, -0.2) is 15.0 Å². The van der Waals surface area contributed by atoms with Crippen LogP contribution < -0.4 is 0 Å². The summed E-state index contributed by atoms with van der Waals surface area (Å²) in [7, 11) is 0. The Balaban J connectivity index is 1.41. The van der Waals surface area contributed by atoms with Crippen LogP contribution in [0.5, 0.6) is 0 Å². The number of aromatic amines is 1. The smallest absolute Gasteiger partial charge is 0.191 e. The highest BCUT2D eigenvalue weighted by molar-refractivity contribution is 8.00. The van der Waals surface area contributed by atoms with E-state index in [0.29, 0.717) is 10.8 Å². The van der Waals surface area contributed by atoms with Gasteiger partial charge in [0, 0.05) is 0 Å². The zero-order chi connectivity index (χ0) is 24.9. The van der Waals surface area contributed by atoms with E-state index in [1.54, 1.807) is 29.9 Å². The molecule has 0 spiro atoms. The number of nitrogens with one attached hydrogen (secondary N) is 1. The van der Waals surface area contributed by atoms with Crippen LogP contribution in [0.1, 0.15) is 32.8 Å². The fourth-order valence-corrected chi connectivity index (χ4v) is 6.67. The average Bonchev–Trinajstić information content (AvgIpc) is 3.45. The number of H-pyrrole nitrogens is 1. The van der Waals surface area contributed by atoms with Crippen molar-refractivity contribution in [2.75, 3.05) is 0 Å². The van der Waals surface area contributed by atoms with Gasteiger partial charge in [0.25, 0.3) is 0 Å². The zero-order valence-corrected chi connectivity index (χ0v) is 21.6. The third kappa shape index (κ3) is 5.31. The van der Waals surface area contributed by atoms with Crippen molar-refractivity contribution in [2.45, 2.75) is 20.7 Å². The number of imidazole rings is 1. The maximum atomic E-state index is 5.10. The Bertz CT molecular complexity index is 1490. The zero-order valence-electron chi connectivity index (χ0n) is 19.9. The van der Waals surface area contributed by atoms with Crippen LogP contribution >= 0.6 is 23.5 Å². The number of fused-ring (bicyclic) bond motifs is 1. The van der Waals surface area contributed by atoms with Gasteiger partial charge in [-0.15, -0.1) is 0 Å². The van der Waals surface area contributed by atoms with Crippen molar-refractivity contribution >= 4 is 34.7 Å². The van der Waals surface area contributed by atoms with E-state index in [0.717, 1.165) is 10.5 Å². The van der Waals surface area contributed by atoms with Crippen LogP contribution in [0.25, 0.3) is 11.2 Å². The summed E-state index contributed by atoms with van der Waals surface area (Å²) in [5.41, 5.74) is 6.42. The van der Waals surface area contributed by atoms with Gasteiger partial charge >= 0.3 is 0 Å². The molecule has 37 heavy (non-hydrogen) atoms. The van der Waals surface area contributed by atoms with Crippen molar-refractivity contribution in [1.29, 1.82) is 0 Å². The fourth-order valence-electron chi connectivity index (χ4n) is 4.31. The number of aromatic nitrogens is 4. The Hall–Kier alpha value is -3.87. The van der Waals surface area contributed by atoms with E-state index < -0.39 is 0 Å². The molecule has 6 rings (SSSR count). The van der Waals surface area contributed by atoms with E-state index in [9.17, 15) is 0 Å². The molecule has 0 aliphatic rings. The number of benzene rings is 4. The standard InChI is InChI=1S/C31H24N4S2/c1-5-13-22(14-6-1)27(23-15-7-2-8-16-23)36-30-26-29(33-21-32-26)34-31(35-30)37-28(24-17-9-3-10-18-24)25-19-11-4-12-20-25/h1-21,27-28H,(H,32,33,34,35). The first-order valence-electron chi connectivity index (χ1n) is 12.1. The molecule has 2 aromatic heterocycles. The largest absolute Gasteiger partial charge is 0.341 e. The number of nitrogens with zero attached hydrogens (tertiary/aromatic N) is 3. The van der Waals surface area contributed by atoms with E-state index in [1.165, 1.54) is 22.3 Å². The first-order chi connectivity index (χ1) is 18.3. The Labute approximate surface area is 224 Å². The molecule has 0 atom stereocenters. The van der Waals surface area contributed by atoms with E-state index in [1.807, 2.05) is 12.1 Å². The molecule has 0 aliphatic heterocycles. The lowest BCUT2D eigenvalue weighted by Gasteiger charge is -2.19. The minimum Gasteiger partial charge on any atom is -0.341 e. The Morgan fingerprint density at radius 3 is 1.41 bits per heavy atom. The Kier molecular flexibility index (Phi) is 7.01. The fraction of sp³-hybridized carbons (Fsp3) is 0.0645. The molecule has 0 bridgehead atoms. The molecule has 6 aromatic rings. The van der Waals surface area contributed by atoms with Crippen molar-refractivity contribution < 1.29 is 0 Å². The van der Waals surface area contributed by atoms with Crippen LogP contribution in [-0.2, 0) is 0 Å². The summed E-state index contributed by atoms with van der Waals surface area (Å²) in [6.07, 6.45) is 1.70. The second-order valence-electron chi connectivity index (χ2n) is 8.55. The van der Waals surface area contributed by atoms with Crippen molar-refractivity contribution in [1.82, 2.24) is 19.9 Å². The average molecular weight is 517 g/mol. The lowest BCUT2D eigenvalue weighted by molar-refractivity contribution is 0.913. The summed E-state index contributed by atoms with van der Waals surface area (Å²) in [5.74, 6) is 0. The molecule has 0 saturated heterocycles. The first kappa shape index (κ1) is 23.5. The molecule has 0 amide bonds. The van der Waals surface area contributed by atoms with E-state index in [-0.39, 0.29) is 10.5 Å². The Morgan fingerprint density at radius 1 is 0.514 bits per heavy atom. The van der Waals surface area contributed by atoms with Gasteiger partial charge in [-0.3, -0.25) is 0 Å². The molecule has 6 heteroatoms. The second kappa shape index (κ2) is 11.0. The lowest BCUT2D eigenvalue weighted by atomic mass is 10.0. The molecule has 0 aliphatic carbocycles. The molecule has 0 saturated carbocycles. The summed E-state index contributed by atoms with van der Waals surface area (Å²) in [6, 6.07) is 42.2. The van der Waals surface area contributed by atoms with E-state index in [4.69, 9.17) is 9.97 Å². The summed E-state index contributed by atoms with van der Waals surface area (Å²) in [4.78, 5) is 17.7. The van der Waals surface area contributed by atoms with Crippen LogP contribution in [0.3, 0.4) is 0 Å². The molecule has 0 fully saturated rings. The SMILES string of the molecule is c1ccc(C(Sc2nc(SC(c3ccccc3)c3ccccc3)c3[nH]cnc3n2)c2ccccc2)cc1. The molecular weight excluding hydrogens is 493 g/mol. The maximum Gasteiger partial charge on any atom is 0.191 e. The number of rotatable bonds is 8. The van der Waals surface area contributed by atoms with Crippen molar-refractivity contribution in [2.24, 2.45) is 0 Å². The van der Waals surface area contributed by atoms with Crippen LogP contribution in [0.15, 0.2) is 138 Å². The lowest BCUT2D eigenvalue weighted by Crippen LogP contribution is -2.02.